The van der Waals surface area contributed by atoms with E-state index >= 15 is 0 Å². The first-order chi connectivity index (χ1) is 9.56. The first kappa shape index (κ1) is 14.3. The SMILES string of the molecule is C/C(=N\NC(C)c1ccc(C)cc1)c1ccc(C)cc1. The normalized spacial score (nSPS) is 13.1. The lowest BCUT2D eigenvalue weighted by atomic mass is 10.1. The summed E-state index contributed by atoms with van der Waals surface area (Å²) in [4.78, 5) is 0. The van der Waals surface area contributed by atoms with Crippen LogP contribution in [0.25, 0.3) is 0 Å². The van der Waals surface area contributed by atoms with Crippen LogP contribution in [0.1, 0.15) is 42.1 Å². The van der Waals surface area contributed by atoms with Crippen molar-refractivity contribution in [2.75, 3.05) is 0 Å². The van der Waals surface area contributed by atoms with Gasteiger partial charge < -0.3 is 5.43 Å². The maximum Gasteiger partial charge on any atom is 0.0661 e. The fraction of sp³-hybridized carbons (Fsp3) is 0.278. The lowest BCUT2D eigenvalue weighted by molar-refractivity contribution is 0.605. The minimum atomic E-state index is 0.205. The molecule has 1 unspecified atom stereocenters. The van der Waals surface area contributed by atoms with Crippen LogP contribution in [0.5, 0.6) is 0 Å². The Kier molecular flexibility index (Phi) is 4.57. The van der Waals surface area contributed by atoms with Gasteiger partial charge in [-0.1, -0.05) is 59.7 Å². The molecule has 2 nitrogen and oxygen atoms in total. The van der Waals surface area contributed by atoms with Gasteiger partial charge in [0.2, 0.25) is 0 Å². The second-order valence-corrected chi connectivity index (χ2v) is 5.32. The zero-order chi connectivity index (χ0) is 14.5. The van der Waals surface area contributed by atoms with Gasteiger partial charge in [-0.25, -0.2) is 0 Å². The Hall–Kier alpha value is -2.09. The van der Waals surface area contributed by atoms with Crippen LogP contribution >= 0.6 is 0 Å². The third-order valence-corrected chi connectivity index (χ3v) is 3.47. The average Bonchev–Trinajstić information content (AvgIpc) is 2.46. The molecule has 0 radical (unpaired) electrons. The van der Waals surface area contributed by atoms with Crippen molar-refractivity contribution in [3.05, 3.63) is 70.8 Å². The van der Waals surface area contributed by atoms with Gasteiger partial charge in [0.15, 0.2) is 0 Å². The predicted octanol–water partition coefficient (Wildman–Crippen LogP) is 4.38. The second-order valence-electron chi connectivity index (χ2n) is 5.32. The standard InChI is InChI=1S/C18H22N2/c1-13-5-9-17(10-6-13)15(3)19-20-16(4)18-11-7-14(2)8-12-18/h5-12,15,19H,1-4H3/b20-16+. The summed E-state index contributed by atoms with van der Waals surface area (Å²) in [6.07, 6.45) is 0. The third kappa shape index (κ3) is 3.70. The highest BCUT2D eigenvalue weighted by atomic mass is 15.3. The Morgan fingerprint density at radius 2 is 1.40 bits per heavy atom. The Labute approximate surface area is 121 Å². The molecule has 2 aromatic carbocycles. The molecule has 0 amide bonds. The Bertz CT molecular complexity index is 580. The van der Waals surface area contributed by atoms with E-state index in [4.69, 9.17) is 0 Å². The van der Waals surface area contributed by atoms with Crippen molar-refractivity contribution < 1.29 is 0 Å². The highest BCUT2D eigenvalue weighted by molar-refractivity contribution is 5.98. The smallest absolute Gasteiger partial charge is 0.0661 e. The minimum absolute atomic E-state index is 0.205. The first-order valence-corrected chi connectivity index (χ1v) is 6.99. The van der Waals surface area contributed by atoms with Crippen molar-refractivity contribution in [1.29, 1.82) is 0 Å². The first-order valence-electron chi connectivity index (χ1n) is 6.99. The van der Waals surface area contributed by atoms with Crippen LogP contribution in [-0.4, -0.2) is 5.71 Å². The molecule has 0 aromatic heterocycles. The summed E-state index contributed by atoms with van der Waals surface area (Å²) in [5.41, 5.74) is 9.17. The molecule has 2 rings (SSSR count). The van der Waals surface area contributed by atoms with E-state index in [-0.39, 0.29) is 6.04 Å². The van der Waals surface area contributed by atoms with Gasteiger partial charge >= 0.3 is 0 Å². The van der Waals surface area contributed by atoms with Gasteiger partial charge in [-0.05, 0) is 38.8 Å². The molecule has 0 aliphatic heterocycles. The highest BCUT2D eigenvalue weighted by Gasteiger charge is 2.03. The van der Waals surface area contributed by atoms with E-state index in [0.717, 1.165) is 11.3 Å². The fourth-order valence-electron chi connectivity index (χ4n) is 1.98. The molecule has 0 saturated heterocycles. The lowest BCUT2D eigenvalue weighted by Gasteiger charge is -2.13. The molecule has 104 valence electrons. The molecule has 0 aliphatic rings. The van der Waals surface area contributed by atoms with Crippen molar-refractivity contribution >= 4 is 5.71 Å². The molecule has 0 saturated carbocycles. The van der Waals surface area contributed by atoms with Crippen molar-refractivity contribution in [2.45, 2.75) is 33.7 Å². The number of benzene rings is 2. The van der Waals surface area contributed by atoms with E-state index in [0.29, 0.717) is 0 Å². The van der Waals surface area contributed by atoms with Crippen LogP contribution in [0.3, 0.4) is 0 Å². The van der Waals surface area contributed by atoms with Gasteiger partial charge in [0, 0.05) is 0 Å². The summed E-state index contributed by atoms with van der Waals surface area (Å²) < 4.78 is 0. The topological polar surface area (TPSA) is 24.4 Å². The summed E-state index contributed by atoms with van der Waals surface area (Å²) in [5, 5.41) is 4.49. The summed E-state index contributed by atoms with van der Waals surface area (Å²) in [6, 6.07) is 17.2. The molecule has 0 spiro atoms. The van der Waals surface area contributed by atoms with Gasteiger partial charge in [-0.15, -0.1) is 0 Å². The number of nitrogens with zero attached hydrogens (tertiary/aromatic N) is 1. The quantitative estimate of drug-likeness (QED) is 0.644. The van der Waals surface area contributed by atoms with Crippen LogP contribution < -0.4 is 5.43 Å². The van der Waals surface area contributed by atoms with E-state index in [2.05, 4.69) is 79.8 Å². The molecule has 2 heteroatoms. The van der Waals surface area contributed by atoms with Gasteiger partial charge in [0.05, 0.1) is 11.8 Å². The summed E-state index contributed by atoms with van der Waals surface area (Å²) >= 11 is 0. The van der Waals surface area contributed by atoms with Gasteiger partial charge in [-0.2, -0.15) is 5.10 Å². The Morgan fingerprint density at radius 1 is 0.900 bits per heavy atom. The van der Waals surface area contributed by atoms with Gasteiger partial charge in [0.25, 0.3) is 0 Å². The number of hydrogen-bond donors (Lipinski definition) is 1. The zero-order valence-electron chi connectivity index (χ0n) is 12.6. The van der Waals surface area contributed by atoms with E-state index in [9.17, 15) is 0 Å². The summed E-state index contributed by atoms with van der Waals surface area (Å²) in [5.74, 6) is 0. The largest absolute Gasteiger partial charge is 0.303 e. The maximum atomic E-state index is 4.49. The molecule has 1 atom stereocenters. The van der Waals surface area contributed by atoms with Gasteiger partial charge in [-0.3, -0.25) is 0 Å². The molecule has 20 heavy (non-hydrogen) atoms. The van der Waals surface area contributed by atoms with Crippen molar-refractivity contribution in [3.63, 3.8) is 0 Å². The highest BCUT2D eigenvalue weighted by Crippen LogP contribution is 2.13. The third-order valence-electron chi connectivity index (χ3n) is 3.47. The molecule has 0 heterocycles. The number of rotatable bonds is 4. The number of aryl methyl sites for hydroxylation is 2. The van der Waals surface area contributed by atoms with Crippen molar-refractivity contribution in [1.82, 2.24) is 5.43 Å². The van der Waals surface area contributed by atoms with E-state index in [1.807, 2.05) is 6.92 Å². The Balaban J connectivity index is 2.04. The van der Waals surface area contributed by atoms with E-state index in [1.54, 1.807) is 0 Å². The van der Waals surface area contributed by atoms with Crippen LogP contribution in [0, 0.1) is 13.8 Å². The molecule has 0 fully saturated rings. The zero-order valence-corrected chi connectivity index (χ0v) is 12.6. The average molecular weight is 266 g/mol. The molecular weight excluding hydrogens is 244 g/mol. The maximum absolute atomic E-state index is 4.49. The van der Waals surface area contributed by atoms with Crippen molar-refractivity contribution in [2.24, 2.45) is 5.10 Å². The Morgan fingerprint density at radius 3 is 1.95 bits per heavy atom. The van der Waals surface area contributed by atoms with E-state index in [1.165, 1.54) is 16.7 Å². The predicted molar refractivity (Wildman–Crippen MR) is 86.1 cm³/mol. The molecule has 0 aliphatic carbocycles. The summed E-state index contributed by atoms with van der Waals surface area (Å²) in [6.45, 7) is 8.34. The minimum Gasteiger partial charge on any atom is -0.303 e. The van der Waals surface area contributed by atoms with Gasteiger partial charge in [0.1, 0.15) is 0 Å². The molecular formula is C18H22N2. The van der Waals surface area contributed by atoms with Crippen LogP contribution in [0.15, 0.2) is 53.6 Å². The van der Waals surface area contributed by atoms with Crippen LogP contribution in [0.4, 0.5) is 0 Å². The van der Waals surface area contributed by atoms with Crippen molar-refractivity contribution in [3.8, 4) is 0 Å². The monoisotopic (exact) mass is 266 g/mol. The fourth-order valence-corrected chi connectivity index (χ4v) is 1.98. The van der Waals surface area contributed by atoms with E-state index < -0.39 is 0 Å². The van der Waals surface area contributed by atoms with Crippen LogP contribution in [-0.2, 0) is 0 Å². The number of nitrogens with one attached hydrogen (secondary N) is 1. The molecule has 0 bridgehead atoms. The number of hydrazone groups is 1. The lowest BCUT2D eigenvalue weighted by Crippen LogP contribution is -2.14. The number of hydrogen-bond acceptors (Lipinski definition) is 2. The summed E-state index contributed by atoms with van der Waals surface area (Å²) in [7, 11) is 0. The van der Waals surface area contributed by atoms with Crippen LogP contribution in [0.2, 0.25) is 0 Å². The molecule has 2 aromatic rings. The molecule has 1 N–H and O–H groups in total. The second kappa shape index (κ2) is 6.38.